The van der Waals surface area contributed by atoms with Crippen LogP contribution >= 0.6 is 0 Å². The van der Waals surface area contributed by atoms with Crippen LogP contribution in [-0.4, -0.2) is 16.1 Å². The van der Waals surface area contributed by atoms with Crippen LogP contribution in [0.2, 0.25) is 26.2 Å². The van der Waals surface area contributed by atoms with Gasteiger partial charge in [-0.3, -0.25) is 0 Å². The molecule has 5 aliphatic rings. The molecular formula is C77H74Si2. The zero-order valence-electron chi connectivity index (χ0n) is 49.5. The Morgan fingerprint density at radius 2 is 0.532 bits per heavy atom. The van der Waals surface area contributed by atoms with Crippen LogP contribution in [0.15, 0.2) is 158 Å². The number of hydrogen-bond donors (Lipinski definition) is 0. The number of hydrogen-bond acceptors (Lipinski definition) is 0. The predicted octanol–water partition coefficient (Wildman–Crippen LogP) is 18.4. The fourth-order valence-corrected chi connectivity index (χ4v) is 25.2. The van der Waals surface area contributed by atoms with E-state index in [0.717, 1.165) is 0 Å². The van der Waals surface area contributed by atoms with Gasteiger partial charge < -0.3 is 0 Å². The SMILES string of the molecule is CC(C)(C)c1cccc2c1[Si](C)(C)c1c-2cccc1-c1cc2c(c3ccccc13)-c1cc3c(cc1C2(C)C)-c1cc2c(cc1C3(C)C)-c1c(cc(-c3cccc4c3[Si](C)(C)c3c-4cccc3C(C)(C)C)c3ccccc13)C2(C)C. The second-order valence-corrected chi connectivity index (χ2v) is 37.7. The standard InChI is InChI=1S/C77H74Si2/c1-73(2,3)59-35-23-33-49-47-29-21-31-51(69(47)78(13,14)71(49)59)53-37-65-67(45-27-19-17-25-43(45)53)57-41-61-55(39-63(57)76(65,9)10)56-40-64-58(42-62(56)75(61,7)8)68-46-28-20-18-26-44(46)54(38-66(68)77(64,11)12)52-32-22-30-48-50-34-24-36-60(74(4,5)6)72(50)79(15,16)70(48)52/h17-42H,1-16H3. The summed E-state index contributed by atoms with van der Waals surface area (Å²) < 4.78 is 0. The Balaban J connectivity index is 0.881. The van der Waals surface area contributed by atoms with Crippen LogP contribution in [0.4, 0.5) is 0 Å². The molecule has 0 aromatic heterocycles. The van der Waals surface area contributed by atoms with Crippen molar-refractivity contribution >= 4 is 58.4 Å². The molecule has 0 unspecified atom stereocenters. The van der Waals surface area contributed by atoms with Gasteiger partial charge in [0.05, 0.1) is 0 Å². The Labute approximate surface area is 472 Å². The minimum Gasteiger partial charge on any atom is -0.0616 e. The van der Waals surface area contributed by atoms with E-state index in [0.29, 0.717) is 0 Å². The minimum atomic E-state index is -2.13. The van der Waals surface area contributed by atoms with E-state index in [2.05, 4.69) is 267 Å². The largest absolute Gasteiger partial charge is 0.115 e. The molecule has 390 valence electrons. The maximum atomic E-state index is 2.65. The highest BCUT2D eigenvalue weighted by molar-refractivity contribution is 7.05. The van der Waals surface area contributed by atoms with Gasteiger partial charge in [0.25, 0.3) is 0 Å². The molecule has 0 bridgehead atoms. The molecule has 2 heterocycles. The highest BCUT2D eigenvalue weighted by Crippen LogP contribution is 2.62. The smallest absolute Gasteiger partial charge is 0.0616 e. The minimum absolute atomic E-state index is 0.0665. The topological polar surface area (TPSA) is 0 Å². The molecule has 2 aliphatic heterocycles. The fraction of sp³-hybridized carbons (Fsp3) is 0.273. The second-order valence-electron chi connectivity index (χ2n) is 29.2. The van der Waals surface area contributed by atoms with Crippen LogP contribution < -0.4 is 20.7 Å². The zero-order valence-corrected chi connectivity index (χ0v) is 51.5. The maximum Gasteiger partial charge on any atom is 0.115 e. The zero-order chi connectivity index (χ0) is 55.2. The van der Waals surface area contributed by atoms with Gasteiger partial charge in [0.15, 0.2) is 0 Å². The quantitative estimate of drug-likeness (QED) is 0.151. The summed E-state index contributed by atoms with van der Waals surface area (Å²) >= 11 is 0. The van der Waals surface area contributed by atoms with Crippen LogP contribution in [0.1, 0.15) is 128 Å². The first-order valence-corrected chi connectivity index (χ1v) is 35.3. The van der Waals surface area contributed by atoms with E-state index in [1.54, 1.807) is 20.7 Å². The Morgan fingerprint density at radius 1 is 0.266 bits per heavy atom. The Morgan fingerprint density at radius 3 is 0.886 bits per heavy atom. The number of fused-ring (bicyclic) bond motifs is 19. The van der Waals surface area contributed by atoms with Gasteiger partial charge in [-0.15, -0.1) is 0 Å². The lowest BCUT2D eigenvalue weighted by atomic mass is 9.78. The van der Waals surface area contributed by atoms with Crippen LogP contribution in [0.3, 0.4) is 0 Å². The molecule has 10 aromatic carbocycles. The summed E-state index contributed by atoms with van der Waals surface area (Å²) in [6, 6.07) is 63.2. The van der Waals surface area contributed by atoms with Gasteiger partial charge in [-0.1, -0.05) is 231 Å². The Hall–Kier alpha value is -6.85. The molecule has 15 rings (SSSR count). The van der Waals surface area contributed by atoms with Gasteiger partial charge in [0.2, 0.25) is 0 Å². The summed E-state index contributed by atoms with van der Waals surface area (Å²) in [4.78, 5) is 0. The fourth-order valence-electron chi connectivity index (χ4n) is 17.1. The Kier molecular flexibility index (Phi) is 9.55. The third-order valence-corrected chi connectivity index (χ3v) is 28.0. The molecule has 0 saturated carbocycles. The van der Waals surface area contributed by atoms with Gasteiger partial charge in [-0.2, -0.15) is 0 Å². The van der Waals surface area contributed by atoms with E-state index in [1.807, 2.05) is 0 Å². The molecule has 0 atom stereocenters. The van der Waals surface area contributed by atoms with Gasteiger partial charge in [0, 0.05) is 16.2 Å². The highest BCUT2D eigenvalue weighted by atomic mass is 28.3. The Bertz CT molecular complexity index is 4170. The van der Waals surface area contributed by atoms with Crippen molar-refractivity contribution in [3.63, 3.8) is 0 Å². The van der Waals surface area contributed by atoms with E-state index < -0.39 is 16.1 Å². The molecular weight excluding hydrogens is 981 g/mol. The van der Waals surface area contributed by atoms with E-state index in [4.69, 9.17) is 0 Å². The van der Waals surface area contributed by atoms with E-state index in [9.17, 15) is 0 Å². The number of rotatable bonds is 2. The lowest BCUT2D eigenvalue weighted by Crippen LogP contribution is -2.52. The van der Waals surface area contributed by atoms with E-state index in [-0.39, 0.29) is 27.1 Å². The molecule has 0 saturated heterocycles. The van der Waals surface area contributed by atoms with Gasteiger partial charge in [0.1, 0.15) is 16.1 Å². The molecule has 3 aliphatic carbocycles. The molecule has 10 aromatic rings. The van der Waals surface area contributed by atoms with Crippen molar-refractivity contribution in [1.82, 2.24) is 0 Å². The molecule has 0 N–H and O–H groups in total. The molecule has 0 spiro atoms. The first kappa shape index (κ1) is 49.2. The first-order chi connectivity index (χ1) is 37.3. The van der Waals surface area contributed by atoms with Crippen molar-refractivity contribution in [2.75, 3.05) is 0 Å². The lowest BCUT2D eigenvalue weighted by molar-refractivity contribution is 0.594. The van der Waals surface area contributed by atoms with E-state index in [1.165, 1.54) is 144 Å². The predicted molar refractivity (Wildman–Crippen MR) is 347 cm³/mol. The van der Waals surface area contributed by atoms with Crippen LogP contribution in [0.25, 0.3) is 99.4 Å². The van der Waals surface area contributed by atoms with Gasteiger partial charge in [-0.25, -0.2) is 0 Å². The monoisotopic (exact) mass is 1050 g/mol. The summed E-state index contributed by atoms with van der Waals surface area (Å²) in [5.74, 6) is 0. The average molecular weight is 1060 g/mol. The first-order valence-electron chi connectivity index (χ1n) is 29.3. The highest BCUT2D eigenvalue weighted by Gasteiger charge is 2.48. The lowest BCUT2D eigenvalue weighted by Gasteiger charge is -2.30. The molecule has 0 amide bonds. The number of benzene rings is 10. The van der Waals surface area contributed by atoms with Crippen LogP contribution in [0, 0.1) is 0 Å². The van der Waals surface area contributed by atoms with Crippen molar-refractivity contribution in [3.05, 3.63) is 202 Å². The van der Waals surface area contributed by atoms with Gasteiger partial charge in [-0.05, 0) is 212 Å². The average Bonchev–Trinajstić information content (AvgIpc) is 3.43. The summed E-state index contributed by atoms with van der Waals surface area (Å²) in [5.41, 5.74) is 31.1. The molecule has 0 fully saturated rings. The molecule has 79 heavy (non-hydrogen) atoms. The van der Waals surface area contributed by atoms with Crippen LogP contribution in [-0.2, 0) is 27.1 Å². The van der Waals surface area contributed by atoms with Crippen LogP contribution in [0.5, 0.6) is 0 Å². The molecule has 0 radical (unpaired) electrons. The summed E-state index contributed by atoms with van der Waals surface area (Å²) in [7, 11) is -4.27. The van der Waals surface area contributed by atoms with E-state index >= 15 is 0 Å². The van der Waals surface area contributed by atoms with Crippen molar-refractivity contribution < 1.29 is 0 Å². The molecule has 2 heteroatoms. The summed E-state index contributed by atoms with van der Waals surface area (Å²) in [6.45, 7) is 39.8. The third-order valence-electron chi connectivity index (χ3n) is 20.8. The van der Waals surface area contributed by atoms with Crippen molar-refractivity contribution in [3.8, 4) is 77.9 Å². The third kappa shape index (κ3) is 6.15. The summed E-state index contributed by atoms with van der Waals surface area (Å²) in [6.07, 6.45) is 0. The van der Waals surface area contributed by atoms with Crippen molar-refractivity contribution in [2.24, 2.45) is 0 Å². The summed E-state index contributed by atoms with van der Waals surface area (Å²) in [5, 5.41) is 11.9. The van der Waals surface area contributed by atoms with Gasteiger partial charge >= 0.3 is 0 Å². The van der Waals surface area contributed by atoms with Crippen molar-refractivity contribution in [1.29, 1.82) is 0 Å². The second kappa shape index (κ2) is 15.3. The van der Waals surface area contributed by atoms with Crippen molar-refractivity contribution in [2.45, 2.75) is 136 Å². The molecule has 0 nitrogen and oxygen atoms in total. The maximum absolute atomic E-state index is 2.65. The normalized spacial score (nSPS) is 17.4.